The highest BCUT2D eigenvalue weighted by Gasteiger charge is 2.04. The minimum atomic E-state index is 0.805. The fraction of sp³-hybridized carbons (Fsp3) is 1.00. The van der Waals surface area contributed by atoms with Gasteiger partial charge in [0.15, 0.2) is 0 Å². The molecule has 3 nitrogen and oxygen atoms in total. The van der Waals surface area contributed by atoms with Crippen molar-refractivity contribution in [2.24, 2.45) is 0 Å². The molecule has 0 aliphatic rings. The molecule has 0 aromatic carbocycles. The van der Waals surface area contributed by atoms with Crippen LogP contribution < -0.4 is 0 Å². The molecule has 0 amide bonds. The van der Waals surface area contributed by atoms with Crippen LogP contribution in [0.2, 0.25) is 0 Å². The number of nitrogens with zero attached hydrogens (tertiary/aromatic N) is 1. The normalized spacial score (nSPS) is 11.3. The van der Waals surface area contributed by atoms with Gasteiger partial charge in [0.05, 0.1) is 13.2 Å². The molecule has 0 heterocycles. The maximum Gasteiger partial charge on any atom is 0.0593 e. The molecule has 0 N–H and O–H groups in total. The Kier molecular flexibility index (Phi) is 14.5. The molecule has 0 radical (unpaired) electrons. The van der Waals surface area contributed by atoms with E-state index >= 15 is 0 Å². The monoisotopic (exact) mass is 263 g/mol. The minimum absolute atomic E-state index is 0.805. The zero-order valence-corrected chi connectivity index (χ0v) is 12.4. The molecule has 0 aromatic rings. The number of ether oxygens (including phenoxy) is 2. The Morgan fingerprint density at radius 1 is 0.824 bits per heavy atom. The third-order valence-corrected chi connectivity index (χ3v) is 2.96. The van der Waals surface area contributed by atoms with Crippen molar-refractivity contribution in [2.75, 3.05) is 51.8 Å². The fourth-order valence-electron chi connectivity index (χ4n) is 1.64. The summed E-state index contributed by atoms with van der Waals surface area (Å²) in [5.74, 6) is 0.998. The molecule has 0 fully saturated rings. The third kappa shape index (κ3) is 12.5. The summed E-state index contributed by atoms with van der Waals surface area (Å²) >= 11 is 4.23. The van der Waals surface area contributed by atoms with Crippen molar-refractivity contribution >= 4 is 12.6 Å². The second kappa shape index (κ2) is 14.3. The highest BCUT2D eigenvalue weighted by atomic mass is 32.1. The molecule has 0 saturated heterocycles. The summed E-state index contributed by atoms with van der Waals surface area (Å²) in [6.07, 6.45) is 3.73. The van der Waals surface area contributed by atoms with Gasteiger partial charge in [-0.1, -0.05) is 6.42 Å². The molecule has 0 bridgehead atoms. The van der Waals surface area contributed by atoms with Crippen molar-refractivity contribution in [1.82, 2.24) is 4.90 Å². The zero-order valence-electron chi connectivity index (χ0n) is 11.5. The van der Waals surface area contributed by atoms with Crippen LogP contribution in [0.4, 0.5) is 0 Å². The summed E-state index contributed by atoms with van der Waals surface area (Å²) in [4.78, 5) is 2.43. The van der Waals surface area contributed by atoms with Crippen molar-refractivity contribution in [3.8, 4) is 0 Å². The Morgan fingerprint density at radius 2 is 1.41 bits per heavy atom. The van der Waals surface area contributed by atoms with Crippen LogP contribution in [0.5, 0.6) is 0 Å². The van der Waals surface area contributed by atoms with E-state index in [4.69, 9.17) is 9.47 Å². The average Bonchev–Trinajstić information content (AvgIpc) is 2.34. The second-order valence-corrected chi connectivity index (χ2v) is 4.47. The predicted molar refractivity (Wildman–Crippen MR) is 77.1 cm³/mol. The summed E-state index contributed by atoms with van der Waals surface area (Å²) in [5, 5.41) is 0. The van der Waals surface area contributed by atoms with E-state index in [2.05, 4.69) is 17.5 Å². The first-order valence-electron chi connectivity index (χ1n) is 6.83. The van der Waals surface area contributed by atoms with Gasteiger partial charge >= 0.3 is 0 Å². The lowest BCUT2D eigenvalue weighted by atomic mass is 10.2. The molecule has 17 heavy (non-hydrogen) atoms. The molecule has 0 aliphatic carbocycles. The quantitative estimate of drug-likeness (QED) is 0.407. The molecule has 0 unspecified atom stereocenters. The van der Waals surface area contributed by atoms with Crippen molar-refractivity contribution in [1.29, 1.82) is 0 Å². The van der Waals surface area contributed by atoms with Gasteiger partial charge in [-0.05, 0) is 39.0 Å². The number of thiol groups is 1. The topological polar surface area (TPSA) is 21.7 Å². The van der Waals surface area contributed by atoms with Gasteiger partial charge in [0, 0.05) is 26.3 Å². The lowest BCUT2D eigenvalue weighted by Crippen LogP contribution is -2.32. The summed E-state index contributed by atoms with van der Waals surface area (Å²) in [6, 6.07) is 0. The highest BCUT2D eigenvalue weighted by Crippen LogP contribution is 2.00. The number of rotatable bonds is 13. The van der Waals surface area contributed by atoms with E-state index < -0.39 is 0 Å². The maximum absolute atomic E-state index is 5.40. The van der Waals surface area contributed by atoms with Gasteiger partial charge in [0.25, 0.3) is 0 Å². The van der Waals surface area contributed by atoms with Crippen molar-refractivity contribution in [3.05, 3.63) is 0 Å². The first kappa shape index (κ1) is 17.2. The average molecular weight is 263 g/mol. The Hall–Kier alpha value is 0.230. The van der Waals surface area contributed by atoms with Crippen LogP contribution in [-0.2, 0) is 9.47 Å². The van der Waals surface area contributed by atoms with Gasteiger partial charge in [0.1, 0.15) is 0 Å². The Bertz CT molecular complexity index is 137. The Labute approximate surface area is 112 Å². The summed E-state index contributed by atoms with van der Waals surface area (Å²) in [5.41, 5.74) is 0. The van der Waals surface area contributed by atoms with Crippen LogP contribution in [0, 0.1) is 0 Å². The van der Waals surface area contributed by atoms with E-state index in [1.54, 1.807) is 0 Å². The van der Waals surface area contributed by atoms with Crippen LogP contribution in [0.25, 0.3) is 0 Å². The Morgan fingerprint density at radius 3 is 1.88 bits per heavy atom. The standard InChI is InChI=1S/C13H29NO2S/c1-3-15-11-9-14(10-12-16-4-2)8-6-5-7-13-17/h17H,3-13H2,1-2H3. The molecule has 4 heteroatoms. The van der Waals surface area contributed by atoms with Crippen LogP contribution in [-0.4, -0.2) is 56.7 Å². The molecule has 0 aromatic heterocycles. The SMILES string of the molecule is CCOCCN(CCCCCS)CCOCC. The third-order valence-electron chi connectivity index (χ3n) is 2.64. The maximum atomic E-state index is 5.40. The van der Waals surface area contributed by atoms with Crippen LogP contribution >= 0.6 is 12.6 Å². The molecule has 0 spiro atoms. The molecular weight excluding hydrogens is 234 g/mol. The number of hydrogen-bond acceptors (Lipinski definition) is 4. The highest BCUT2D eigenvalue weighted by molar-refractivity contribution is 7.80. The van der Waals surface area contributed by atoms with E-state index in [0.29, 0.717) is 0 Å². The van der Waals surface area contributed by atoms with Gasteiger partial charge in [-0.25, -0.2) is 0 Å². The van der Waals surface area contributed by atoms with Crippen LogP contribution in [0.1, 0.15) is 33.1 Å². The fourth-order valence-corrected chi connectivity index (χ4v) is 1.86. The predicted octanol–water partition coefficient (Wildman–Crippen LogP) is 2.46. The van der Waals surface area contributed by atoms with E-state index in [1.807, 2.05) is 13.8 Å². The number of hydrogen-bond donors (Lipinski definition) is 1. The molecule has 0 saturated carbocycles. The van der Waals surface area contributed by atoms with Crippen molar-refractivity contribution < 1.29 is 9.47 Å². The summed E-state index contributed by atoms with van der Waals surface area (Å²) < 4.78 is 10.8. The molecule has 0 atom stereocenters. The molecule has 0 rings (SSSR count). The first-order chi connectivity index (χ1) is 8.35. The summed E-state index contributed by atoms with van der Waals surface area (Å²) in [7, 11) is 0. The minimum Gasteiger partial charge on any atom is -0.380 e. The summed E-state index contributed by atoms with van der Waals surface area (Å²) in [6.45, 7) is 10.5. The van der Waals surface area contributed by atoms with E-state index in [-0.39, 0.29) is 0 Å². The van der Waals surface area contributed by atoms with E-state index in [9.17, 15) is 0 Å². The van der Waals surface area contributed by atoms with Gasteiger partial charge < -0.3 is 9.47 Å². The first-order valence-corrected chi connectivity index (χ1v) is 7.47. The molecular formula is C13H29NO2S. The van der Waals surface area contributed by atoms with Gasteiger partial charge in [-0.3, -0.25) is 4.90 Å². The Balaban J connectivity index is 3.60. The molecule has 0 aliphatic heterocycles. The number of unbranched alkanes of at least 4 members (excludes halogenated alkanes) is 2. The lowest BCUT2D eigenvalue weighted by Gasteiger charge is -2.21. The van der Waals surface area contributed by atoms with Crippen LogP contribution in [0.3, 0.4) is 0 Å². The second-order valence-electron chi connectivity index (χ2n) is 4.02. The van der Waals surface area contributed by atoms with Gasteiger partial charge in [-0.2, -0.15) is 12.6 Å². The van der Waals surface area contributed by atoms with E-state index in [0.717, 1.165) is 51.8 Å². The zero-order chi connectivity index (χ0) is 12.8. The van der Waals surface area contributed by atoms with Gasteiger partial charge in [-0.15, -0.1) is 0 Å². The van der Waals surface area contributed by atoms with Gasteiger partial charge in [0.2, 0.25) is 0 Å². The lowest BCUT2D eigenvalue weighted by molar-refractivity contribution is 0.0821. The largest absolute Gasteiger partial charge is 0.380 e. The van der Waals surface area contributed by atoms with Crippen molar-refractivity contribution in [2.45, 2.75) is 33.1 Å². The van der Waals surface area contributed by atoms with Crippen LogP contribution in [0.15, 0.2) is 0 Å². The molecule has 104 valence electrons. The van der Waals surface area contributed by atoms with E-state index in [1.165, 1.54) is 19.3 Å². The smallest absolute Gasteiger partial charge is 0.0593 e. The van der Waals surface area contributed by atoms with Crippen molar-refractivity contribution in [3.63, 3.8) is 0 Å².